The molecule has 1 rings (SSSR count). The maximum atomic E-state index is 11.4. The van der Waals surface area contributed by atoms with Crippen LogP contribution in [0.15, 0.2) is 23.0 Å². The van der Waals surface area contributed by atoms with Gasteiger partial charge in [-0.15, -0.1) is 0 Å². The molecule has 5 nitrogen and oxygen atoms in total. The number of rotatable bonds is 5. The lowest BCUT2D eigenvalue weighted by atomic mass is 10.3. The Hall–Kier alpha value is -1.91. The molecule has 0 amide bonds. The predicted molar refractivity (Wildman–Crippen MR) is 60.1 cm³/mol. The lowest BCUT2D eigenvalue weighted by molar-refractivity contribution is -0.131. The van der Waals surface area contributed by atoms with Crippen LogP contribution in [-0.2, 0) is 11.3 Å². The fraction of sp³-hybridized carbons (Fsp3) is 0.364. The Labute approximate surface area is 93.0 Å². The second-order valence-electron chi connectivity index (χ2n) is 3.34. The number of nitrogens with zero attached hydrogens (tertiary/aromatic N) is 2. The molecule has 0 aromatic carbocycles. The molecule has 86 valence electrons. The summed E-state index contributed by atoms with van der Waals surface area (Å²) in [6, 6.07) is 2.90. The molecule has 0 aliphatic rings. The normalized spacial score (nSPS) is 10.8. The Morgan fingerprint density at radius 3 is 2.94 bits per heavy atom. The summed E-state index contributed by atoms with van der Waals surface area (Å²) in [4.78, 5) is 21.7. The van der Waals surface area contributed by atoms with Crippen LogP contribution in [0.2, 0.25) is 0 Å². The van der Waals surface area contributed by atoms with Gasteiger partial charge in [0.15, 0.2) is 0 Å². The summed E-state index contributed by atoms with van der Waals surface area (Å²) in [5, 5.41) is 12.5. The van der Waals surface area contributed by atoms with Crippen LogP contribution in [0, 0.1) is 0 Å². The third kappa shape index (κ3) is 3.68. The van der Waals surface area contributed by atoms with Crippen LogP contribution in [0.5, 0.6) is 0 Å². The van der Waals surface area contributed by atoms with Gasteiger partial charge in [0.25, 0.3) is 5.56 Å². The van der Waals surface area contributed by atoms with Crippen molar-refractivity contribution in [2.45, 2.75) is 26.3 Å². The zero-order chi connectivity index (χ0) is 12.0. The summed E-state index contributed by atoms with van der Waals surface area (Å²) in [5.41, 5.74) is 0.305. The summed E-state index contributed by atoms with van der Waals surface area (Å²) in [6.45, 7) is 2.59. The molecule has 0 aliphatic heterocycles. The van der Waals surface area contributed by atoms with Crippen molar-refractivity contribution < 1.29 is 9.90 Å². The van der Waals surface area contributed by atoms with Gasteiger partial charge in [-0.25, -0.2) is 9.48 Å². The van der Waals surface area contributed by atoms with Crippen LogP contribution in [0.3, 0.4) is 0 Å². The van der Waals surface area contributed by atoms with E-state index in [9.17, 15) is 9.59 Å². The van der Waals surface area contributed by atoms with Gasteiger partial charge in [-0.3, -0.25) is 4.79 Å². The molecule has 0 bridgehead atoms. The summed E-state index contributed by atoms with van der Waals surface area (Å²) in [6.07, 6.45) is 4.21. The van der Waals surface area contributed by atoms with Gasteiger partial charge >= 0.3 is 5.97 Å². The van der Waals surface area contributed by atoms with E-state index < -0.39 is 5.97 Å². The van der Waals surface area contributed by atoms with E-state index in [2.05, 4.69) is 5.10 Å². The van der Waals surface area contributed by atoms with Crippen LogP contribution in [0.25, 0.3) is 6.08 Å². The van der Waals surface area contributed by atoms with Gasteiger partial charge < -0.3 is 5.11 Å². The Morgan fingerprint density at radius 1 is 1.56 bits per heavy atom. The fourth-order valence-electron chi connectivity index (χ4n) is 1.18. The molecule has 16 heavy (non-hydrogen) atoms. The number of carbonyl (C=O) groups is 1. The Bertz CT molecular complexity index is 449. The number of hydrogen-bond donors (Lipinski definition) is 1. The highest BCUT2D eigenvalue weighted by Gasteiger charge is 1.98. The first-order valence-corrected chi connectivity index (χ1v) is 5.12. The van der Waals surface area contributed by atoms with E-state index in [1.165, 1.54) is 22.9 Å². The highest BCUT2D eigenvalue weighted by Crippen LogP contribution is 1.96. The van der Waals surface area contributed by atoms with Crippen LogP contribution in [0.1, 0.15) is 25.5 Å². The molecule has 0 unspecified atom stereocenters. The number of unbranched alkanes of at least 4 members (excludes halogenated alkanes) is 1. The van der Waals surface area contributed by atoms with Gasteiger partial charge in [0.05, 0.1) is 5.69 Å². The highest BCUT2D eigenvalue weighted by atomic mass is 16.4. The first-order chi connectivity index (χ1) is 7.63. The van der Waals surface area contributed by atoms with Crippen molar-refractivity contribution in [3.8, 4) is 0 Å². The monoisotopic (exact) mass is 222 g/mol. The summed E-state index contributed by atoms with van der Waals surface area (Å²) in [7, 11) is 0. The topological polar surface area (TPSA) is 72.2 Å². The summed E-state index contributed by atoms with van der Waals surface area (Å²) in [5.74, 6) is -1.03. The molecule has 0 fully saturated rings. The molecular weight excluding hydrogens is 208 g/mol. The van der Waals surface area contributed by atoms with E-state index in [1.807, 2.05) is 6.92 Å². The Balaban J connectivity index is 2.89. The first kappa shape index (κ1) is 12.2. The Morgan fingerprint density at radius 2 is 2.31 bits per heavy atom. The zero-order valence-corrected chi connectivity index (χ0v) is 9.09. The van der Waals surface area contributed by atoms with E-state index in [4.69, 9.17) is 5.11 Å². The maximum Gasteiger partial charge on any atom is 0.328 e. The third-order valence-electron chi connectivity index (χ3n) is 2.01. The molecule has 1 N–H and O–H groups in total. The van der Waals surface area contributed by atoms with Crippen molar-refractivity contribution in [1.29, 1.82) is 0 Å². The molecule has 0 aliphatic carbocycles. The Kier molecular flexibility index (Phi) is 4.44. The minimum absolute atomic E-state index is 0.166. The van der Waals surface area contributed by atoms with E-state index in [0.717, 1.165) is 18.9 Å². The van der Waals surface area contributed by atoms with Crippen LogP contribution in [0.4, 0.5) is 0 Å². The van der Waals surface area contributed by atoms with Crippen molar-refractivity contribution >= 4 is 12.0 Å². The average molecular weight is 222 g/mol. The standard InChI is InChI=1S/C11H14N2O3/c1-2-3-8-13-10(14)6-4-9(12-13)5-7-11(15)16/h4-7H,2-3,8H2,1H3,(H,15,16)/b7-5+. The van der Waals surface area contributed by atoms with Crippen molar-refractivity contribution in [2.24, 2.45) is 0 Å². The first-order valence-electron chi connectivity index (χ1n) is 5.12. The molecule has 1 heterocycles. The van der Waals surface area contributed by atoms with E-state index >= 15 is 0 Å². The number of aryl methyl sites for hydroxylation is 1. The molecule has 1 aromatic heterocycles. The SMILES string of the molecule is CCCCn1nc(/C=C/C(=O)O)ccc1=O. The van der Waals surface area contributed by atoms with Gasteiger partial charge in [0, 0.05) is 18.7 Å². The number of aromatic nitrogens is 2. The maximum absolute atomic E-state index is 11.4. The largest absolute Gasteiger partial charge is 0.478 e. The minimum Gasteiger partial charge on any atom is -0.478 e. The summed E-state index contributed by atoms with van der Waals surface area (Å²) >= 11 is 0. The fourth-order valence-corrected chi connectivity index (χ4v) is 1.18. The van der Waals surface area contributed by atoms with Gasteiger partial charge in [-0.2, -0.15) is 5.10 Å². The number of hydrogen-bond acceptors (Lipinski definition) is 3. The smallest absolute Gasteiger partial charge is 0.328 e. The third-order valence-corrected chi connectivity index (χ3v) is 2.01. The zero-order valence-electron chi connectivity index (χ0n) is 9.09. The van der Waals surface area contributed by atoms with Crippen molar-refractivity contribution in [2.75, 3.05) is 0 Å². The molecular formula is C11H14N2O3. The van der Waals surface area contributed by atoms with Crippen molar-refractivity contribution in [3.63, 3.8) is 0 Å². The molecule has 5 heteroatoms. The van der Waals surface area contributed by atoms with Crippen molar-refractivity contribution in [1.82, 2.24) is 9.78 Å². The predicted octanol–water partition coefficient (Wildman–Crippen LogP) is 1.14. The number of carboxylic acid groups (broad SMARTS) is 1. The molecule has 1 aromatic rings. The van der Waals surface area contributed by atoms with E-state index in [-0.39, 0.29) is 5.56 Å². The quantitative estimate of drug-likeness (QED) is 0.758. The minimum atomic E-state index is -1.03. The van der Waals surface area contributed by atoms with Gasteiger partial charge in [0.1, 0.15) is 0 Å². The van der Waals surface area contributed by atoms with Gasteiger partial charge in [-0.1, -0.05) is 13.3 Å². The lowest BCUT2D eigenvalue weighted by Crippen LogP contribution is -2.22. The summed E-state index contributed by atoms with van der Waals surface area (Å²) < 4.78 is 1.35. The van der Waals surface area contributed by atoms with Crippen molar-refractivity contribution in [3.05, 3.63) is 34.3 Å². The second-order valence-corrected chi connectivity index (χ2v) is 3.34. The molecule has 0 saturated heterocycles. The lowest BCUT2D eigenvalue weighted by Gasteiger charge is -2.03. The average Bonchev–Trinajstić information content (AvgIpc) is 2.26. The number of aliphatic carboxylic acids is 1. The highest BCUT2D eigenvalue weighted by molar-refractivity contribution is 5.84. The molecule has 0 radical (unpaired) electrons. The molecule has 0 spiro atoms. The van der Waals surface area contributed by atoms with E-state index in [1.54, 1.807) is 0 Å². The molecule has 0 atom stereocenters. The van der Waals surface area contributed by atoms with E-state index in [0.29, 0.717) is 12.2 Å². The molecule has 0 saturated carbocycles. The number of carboxylic acids is 1. The van der Waals surface area contributed by atoms with Crippen LogP contribution >= 0.6 is 0 Å². The van der Waals surface area contributed by atoms with Gasteiger partial charge in [0.2, 0.25) is 0 Å². The van der Waals surface area contributed by atoms with Crippen LogP contribution in [-0.4, -0.2) is 20.9 Å². The van der Waals surface area contributed by atoms with Gasteiger partial charge in [-0.05, 0) is 18.6 Å². The second kappa shape index (κ2) is 5.85. The van der Waals surface area contributed by atoms with Crippen LogP contribution < -0.4 is 5.56 Å².